The van der Waals surface area contributed by atoms with Gasteiger partial charge in [-0.1, -0.05) is 30.3 Å². The Kier molecular flexibility index (Phi) is 5.72. The Morgan fingerprint density at radius 1 is 1.09 bits per heavy atom. The van der Waals surface area contributed by atoms with Gasteiger partial charge in [-0.2, -0.15) is 17.5 Å². The number of aryl methyl sites for hydroxylation is 1. The van der Waals surface area contributed by atoms with Crippen LogP contribution in [-0.4, -0.2) is 41.4 Å². The summed E-state index contributed by atoms with van der Waals surface area (Å²) < 4.78 is 82.0. The van der Waals surface area contributed by atoms with Gasteiger partial charge in [-0.15, -0.1) is 0 Å². The molecule has 1 saturated heterocycles. The third-order valence-electron chi connectivity index (χ3n) is 5.42. The van der Waals surface area contributed by atoms with Crippen molar-refractivity contribution in [1.29, 1.82) is 0 Å². The molecule has 11 heteroatoms. The van der Waals surface area contributed by atoms with E-state index >= 15 is 0 Å². The van der Waals surface area contributed by atoms with Crippen molar-refractivity contribution >= 4 is 15.7 Å². The molecule has 1 aromatic heterocycles. The molecule has 2 heterocycles. The highest BCUT2D eigenvalue weighted by Gasteiger charge is 2.41. The summed E-state index contributed by atoms with van der Waals surface area (Å²) in [5, 5.41) is 2.89. The maximum absolute atomic E-state index is 13.7. The van der Waals surface area contributed by atoms with Crippen LogP contribution in [0.1, 0.15) is 17.0 Å². The number of anilines is 1. The van der Waals surface area contributed by atoms with Crippen LogP contribution in [0.4, 0.5) is 23.2 Å². The Hall–Kier alpha value is -2.92. The maximum atomic E-state index is 13.7. The van der Waals surface area contributed by atoms with E-state index in [1.54, 1.807) is 7.05 Å². The molecule has 0 radical (unpaired) electrons. The molecule has 1 aliphatic rings. The Labute approximate surface area is 182 Å². The average Bonchev–Trinajstić information content (AvgIpc) is 3.36. The van der Waals surface area contributed by atoms with Gasteiger partial charge in [0.15, 0.2) is 5.03 Å². The molecule has 0 spiro atoms. The molecule has 0 aliphatic carbocycles. The van der Waals surface area contributed by atoms with E-state index in [2.05, 4.69) is 10.3 Å². The minimum atomic E-state index is -4.84. The second-order valence-electron chi connectivity index (χ2n) is 7.66. The monoisotopic (exact) mass is 468 g/mol. The van der Waals surface area contributed by atoms with Crippen LogP contribution in [0.2, 0.25) is 0 Å². The summed E-state index contributed by atoms with van der Waals surface area (Å²) >= 11 is 0. The van der Waals surface area contributed by atoms with E-state index in [4.69, 9.17) is 0 Å². The molecule has 6 nitrogen and oxygen atoms in total. The van der Waals surface area contributed by atoms with Crippen LogP contribution in [0.5, 0.6) is 0 Å². The van der Waals surface area contributed by atoms with Crippen molar-refractivity contribution in [3.8, 4) is 0 Å². The Bertz CT molecular complexity index is 1210. The standard InChI is InChI=1S/C21H20F4N4O2S/c1-28-12-20(26-13-28)32(30,31)29-10-16(14-5-3-2-4-6-14)19(11-29)27-15-7-8-18(22)17(9-15)21(23,24)25/h2-9,12-13,16,19,27H,10-11H2,1H3. The predicted molar refractivity (Wildman–Crippen MR) is 110 cm³/mol. The largest absolute Gasteiger partial charge is 0.419 e. The van der Waals surface area contributed by atoms with E-state index in [0.29, 0.717) is 6.07 Å². The maximum Gasteiger partial charge on any atom is 0.419 e. The minimum Gasteiger partial charge on any atom is -0.380 e. The molecular formula is C21H20F4N4O2S. The lowest BCUT2D eigenvalue weighted by Crippen LogP contribution is -2.32. The van der Waals surface area contributed by atoms with Gasteiger partial charge in [0.2, 0.25) is 0 Å². The normalized spacial score (nSPS) is 19.9. The summed E-state index contributed by atoms with van der Waals surface area (Å²) in [6.07, 6.45) is -2.07. The second-order valence-corrected chi connectivity index (χ2v) is 9.54. The van der Waals surface area contributed by atoms with Gasteiger partial charge >= 0.3 is 6.18 Å². The third-order valence-corrected chi connectivity index (χ3v) is 7.14. The number of halogens is 4. The van der Waals surface area contributed by atoms with E-state index in [-0.39, 0.29) is 29.7 Å². The number of alkyl halides is 3. The second kappa shape index (κ2) is 8.21. The molecule has 3 aromatic rings. The van der Waals surface area contributed by atoms with Crippen molar-refractivity contribution in [2.75, 3.05) is 18.4 Å². The summed E-state index contributed by atoms with van der Waals surface area (Å²) in [6.45, 7) is 0.130. The summed E-state index contributed by atoms with van der Waals surface area (Å²) in [5.74, 6) is -1.71. The van der Waals surface area contributed by atoms with E-state index in [0.717, 1.165) is 11.6 Å². The molecule has 2 unspecified atom stereocenters. The number of nitrogens with zero attached hydrogens (tertiary/aromatic N) is 3. The highest BCUT2D eigenvalue weighted by Crippen LogP contribution is 2.36. The van der Waals surface area contributed by atoms with Crippen LogP contribution < -0.4 is 5.32 Å². The molecule has 0 bridgehead atoms. The number of sulfonamides is 1. The van der Waals surface area contributed by atoms with Crippen molar-refractivity contribution in [2.45, 2.75) is 23.2 Å². The van der Waals surface area contributed by atoms with E-state index in [9.17, 15) is 26.0 Å². The van der Waals surface area contributed by atoms with Crippen molar-refractivity contribution in [3.63, 3.8) is 0 Å². The first kappa shape index (κ1) is 22.3. The fraction of sp³-hybridized carbons (Fsp3) is 0.286. The van der Waals surface area contributed by atoms with Gasteiger partial charge in [0, 0.05) is 44.0 Å². The molecular weight excluding hydrogens is 448 g/mol. The van der Waals surface area contributed by atoms with Crippen LogP contribution in [-0.2, 0) is 23.2 Å². The predicted octanol–water partition coefficient (Wildman–Crippen LogP) is 3.85. The summed E-state index contributed by atoms with van der Waals surface area (Å²) in [4.78, 5) is 3.93. The number of benzene rings is 2. The molecule has 0 amide bonds. The highest BCUT2D eigenvalue weighted by molar-refractivity contribution is 7.89. The quantitative estimate of drug-likeness (QED) is 0.578. The van der Waals surface area contributed by atoms with Gasteiger partial charge in [0.1, 0.15) is 5.82 Å². The van der Waals surface area contributed by atoms with Crippen LogP contribution in [0.15, 0.2) is 66.1 Å². The van der Waals surface area contributed by atoms with Crippen LogP contribution in [0, 0.1) is 5.82 Å². The van der Waals surface area contributed by atoms with E-state index < -0.39 is 33.6 Å². The topological polar surface area (TPSA) is 67.2 Å². The summed E-state index contributed by atoms with van der Waals surface area (Å²) in [7, 11) is -2.25. The number of imidazole rings is 1. The smallest absolute Gasteiger partial charge is 0.380 e. The number of rotatable bonds is 5. The van der Waals surface area contributed by atoms with Crippen LogP contribution in [0.3, 0.4) is 0 Å². The van der Waals surface area contributed by atoms with Crippen molar-refractivity contribution in [3.05, 3.63) is 78.0 Å². The first-order chi connectivity index (χ1) is 15.1. The molecule has 1 N–H and O–H groups in total. The first-order valence-electron chi connectivity index (χ1n) is 9.72. The number of nitrogens with one attached hydrogen (secondary N) is 1. The fourth-order valence-electron chi connectivity index (χ4n) is 3.85. The third kappa shape index (κ3) is 4.35. The molecule has 32 heavy (non-hydrogen) atoms. The van der Waals surface area contributed by atoms with Crippen molar-refractivity contribution in [2.24, 2.45) is 7.05 Å². The van der Waals surface area contributed by atoms with Gasteiger partial charge in [0.05, 0.1) is 11.9 Å². The SMILES string of the molecule is Cn1cnc(S(=O)(=O)N2CC(Nc3ccc(F)c(C(F)(F)F)c3)C(c3ccccc3)C2)c1. The fourth-order valence-corrected chi connectivity index (χ4v) is 5.31. The minimum absolute atomic E-state index is 0.0111. The Morgan fingerprint density at radius 3 is 2.44 bits per heavy atom. The zero-order valence-electron chi connectivity index (χ0n) is 16.9. The lowest BCUT2D eigenvalue weighted by Gasteiger charge is -2.22. The molecule has 1 fully saturated rings. The molecule has 170 valence electrons. The number of hydrogen-bond acceptors (Lipinski definition) is 4. The molecule has 2 atom stereocenters. The van der Waals surface area contributed by atoms with Crippen molar-refractivity contribution < 1.29 is 26.0 Å². The highest BCUT2D eigenvalue weighted by atomic mass is 32.2. The molecule has 2 aromatic carbocycles. The summed E-state index contributed by atoms with van der Waals surface area (Å²) in [5.41, 5.74) is -0.488. The lowest BCUT2D eigenvalue weighted by molar-refractivity contribution is -0.139. The number of hydrogen-bond donors (Lipinski definition) is 1. The zero-order valence-corrected chi connectivity index (χ0v) is 17.7. The first-order valence-corrected chi connectivity index (χ1v) is 11.2. The molecule has 0 saturated carbocycles. The van der Waals surface area contributed by atoms with Crippen LogP contribution >= 0.6 is 0 Å². The Morgan fingerprint density at radius 2 is 1.81 bits per heavy atom. The van der Waals surface area contributed by atoms with E-state index in [1.807, 2.05) is 30.3 Å². The Balaban J connectivity index is 1.66. The summed E-state index contributed by atoms with van der Waals surface area (Å²) in [6, 6.07) is 11.2. The van der Waals surface area contributed by atoms with E-state index in [1.165, 1.54) is 27.5 Å². The zero-order chi connectivity index (χ0) is 23.1. The molecule has 4 rings (SSSR count). The molecule has 1 aliphatic heterocycles. The lowest BCUT2D eigenvalue weighted by atomic mass is 9.94. The average molecular weight is 468 g/mol. The van der Waals surface area contributed by atoms with Crippen LogP contribution in [0.25, 0.3) is 0 Å². The van der Waals surface area contributed by atoms with Gasteiger partial charge in [0.25, 0.3) is 10.0 Å². The van der Waals surface area contributed by atoms with Gasteiger partial charge in [-0.05, 0) is 23.8 Å². The van der Waals surface area contributed by atoms with Crippen molar-refractivity contribution in [1.82, 2.24) is 13.9 Å². The van der Waals surface area contributed by atoms with Gasteiger partial charge in [-0.25, -0.2) is 17.8 Å². The van der Waals surface area contributed by atoms with Gasteiger partial charge < -0.3 is 9.88 Å². The van der Waals surface area contributed by atoms with Gasteiger partial charge in [-0.3, -0.25) is 0 Å². The number of aromatic nitrogens is 2.